The Morgan fingerprint density at radius 1 is 1.23 bits per heavy atom. The zero-order chi connectivity index (χ0) is 14.9. The summed E-state index contributed by atoms with van der Waals surface area (Å²) >= 11 is 0. The van der Waals surface area contributed by atoms with Gasteiger partial charge in [0.1, 0.15) is 17.3 Å². The highest BCUT2D eigenvalue weighted by Crippen LogP contribution is 2.33. The van der Waals surface area contributed by atoms with Gasteiger partial charge in [-0.2, -0.15) is 0 Å². The first-order valence-corrected chi connectivity index (χ1v) is 8.24. The van der Waals surface area contributed by atoms with Crippen LogP contribution in [0, 0.1) is 12.8 Å². The normalized spacial score (nSPS) is 19.0. The van der Waals surface area contributed by atoms with Crippen molar-refractivity contribution in [3.63, 3.8) is 0 Å². The lowest BCUT2D eigenvalue weighted by molar-refractivity contribution is 0.244. The summed E-state index contributed by atoms with van der Waals surface area (Å²) in [5, 5.41) is 0. The van der Waals surface area contributed by atoms with Gasteiger partial charge in [-0.3, -0.25) is 4.90 Å². The fraction of sp³-hybridized carbons (Fsp3) is 0.500. The van der Waals surface area contributed by atoms with Gasteiger partial charge in [-0.15, -0.1) is 0 Å². The minimum absolute atomic E-state index is 0.874. The molecule has 1 aliphatic carbocycles. The molecule has 0 spiro atoms. The summed E-state index contributed by atoms with van der Waals surface area (Å²) in [5.41, 5.74) is 1.34. The number of hydrogen-bond donors (Lipinski definition) is 0. The zero-order valence-corrected chi connectivity index (χ0v) is 13.2. The minimum Gasteiger partial charge on any atom is -0.465 e. The molecule has 0 N–H and O–H groups in total. The topological polar surface area (TPSA) is 32.5 Å². The Morgan fingerprint density at radius 3 is 2.91 bits per heavy atom. The van der Waals surface area contributed by atoms with Crippen LogP contribution < -0.4 is 4.90 Å². The van der Waals surface area contributed by atoms with E-state index in [2.05, 4.69) is 33.0 Å². The van der Waals surface area contributed by atoms with Gasteiger partial charge in [-0.05, 0) is 43.9 Å². The van der Waals surface area contributed by atoms with Crippen LogP contribution in [0.1, 0.15) is 29.9 Å². The van der Waals surface area contributed by atoms with Crippen LogP contribution in [0.2, 0.25) is 0 Å². The highest BCUT2D eigenvalue weighted by atomic mass is 16.3. The Hall–Kier alpha value is -1.81. The molecule has 4 nitrogen and oxygen atoms in total. The summed E-state index contributed by atoms with van der Waals surface area (Å²) in [6, 6.07) is 8.40. The van der Waals surface area contributed by atoms with Crippen LogP contribution in [-0.2, 0) is 13.1 Å². The van der Waals surface area contributed by atoms with Gasteiger partial charge in [0.15, 0.2) is 0 Å². The average Bonchev–Trinajstić information content (AvgIpc) is 3.27. The van der Waals surface area contributed by atoms with E-state index in [1.54, 1.807) is 0 Å². The summed E-state index contributed by atoms with van der Waals surface area (Å²) in [6.45, 7) is 7.10. The van der Waals surface area contributed by atoms with Gasteiger partial charge in [0.05, 0.1) is 6.54 Å². The Labute approximate surface area is 131 Å². The highest BCUT2D eigenvalue weighted by Gasteiger charge is 2.28. The number of hydrogen-bond acceptors (Lipinski definition) is 4. The molecule has 0 radical (unpaired) electrons. The van der Waals surface area contributed by atoms with E-state index in [1.807, 2.05) is 19.2 Å². The third-order valence-corrected chi connectivity index (χ3v) is 4.60. The van der Waals surface area contributed by atoms with Crippen molar-refractivity contribution in [2.75, 3.05) is 24.5 Å². The Morgan fingerprint density at radius 2 is 2.14 bits per heavy atom. The number of fused-ring (bicyclic) bond motifs is 1. The molecular weight excluding hydrogens is 274 g/mol. The second kappa shape index (κ2) is 5.76. The molecule has 4 rings (SSSR count). The monoisotopic (exact) mass is 297 g/mol. The Balaban J connectivity index is 1.53. The Bertz CT molecular complexity index is 647. The molecule has 3 heterocycles. The van der Waals surface area contributed by atoms with Crippen molar-refractivity contribution in [2.24, 2.45) is 5.92 Å². The zero-order valence-electron chi connectivity index (χ0n) is 13.2. The van der Waals surface area contributed by atoms with E-state index in [0.717, 1.165) is 50.2 Å². The van der Waals surface area contributed by atoms with Crippen LogP contribution in [0.4, 0.5) is 5.82 Å². The van der Waals surface area contributed by atoms with Crippen molar-refractivity contribution >= 4 is 5.82 Å². The van der Waals surface area contributed by atoms with Gasteiger partial charge >= 0.3 is 0 Å². The third kappa shape index (κ3) is 3.02. The summed E-state index contributed by atoms with van der Waals surface area (Å²) in [5.74, 6) is 4.11. The minimum atomic E-state index is 0.874. The molecule has 2 aliphatic rings. The molecule has 0 aromatic carbocycles. The van der Waals surface area contributed by atoms with E-state index in [4.69, 9.17) is 4.42 Å². The number of pyridine rings is 1. The van der Waals surface area contributed by atoms with Gasteiger partial charge in [0.25, 0.3) is 0 Å². The number of furan rings is 1. The second-order valence-electron chi connectivity index (χ2n) is 6.60. The molecule has 1 fully saturated rings. The van der Waals surface area contributed by atoms with Gasteiger partial charge < -0.3 is 9.32 Å². The largest absolute Gasteiger partial charge is 0.465 e. The van der Waals surface area contributed by atoms with Crippen molar-refractivity contribution in [3.8, 4) is 0 Å². The lowest BCUT2D eigenvalue weighted by atomic mass is 10.2. The summed E-state index contributed by atoms with van der Waals surface area (Å²) in [4.78, 5) is 9.61. The lowest BCUT2D eigenvalue weighted by Gasteiger charge is -2.23. The number of aryl methyl sites for hydroxylation is 1. The molecule has 1 aliphatic heterocycles. The summed E-state index contributed by atoms with van der Waals surface area (Å²) in [6.07, 6.45) is 4.69. The van der Waals surface area contributed by atoms with Crippen LogP contribution in [-0.4, -0.2) is 29.5 Å². The van der Waals surface area contributed by atoms with E-state index >= 15 is 0 Å². The van der Waals surface area contributed by atoms with E-state index in [-0.39, 0.29) is 0 Å². The summed E-state index contributed by atoms with van der Waals surface area (Å²) in [7, 11) is 0. The molecule has 0 amide bonds. The van der Waals surface area contributed by atoms with Crippen molar-refractivity contribution in [1.82, 2.24) is 9.88 Å². The SMILES string of the molecule is Cc1ccc(CN2CCN(CC3CC3)c3ncccc3C2)o1. The summed E-state index contributed by atoms with van der Waals surface area (Å²) < 4.78 is 5.75. The number of anilines is 1. The van der Waals surface area contributed by atoms with Crippen LogP contribution in [0.3, 0.4) is 0 Å². The first-order chi connectivity index (χ1) is 10.8. The van der Waals surface area contributed by atoms with Gasteiger partial charge in [0.2, 0.25) is 0 Å². The molecule has 0 unspecified atom stereocenters. The standard InChI is InChI=1S/C18H23N3O/c1-14-4-7-17(22-14)13-20-9-10-21(11-15-5-6-15)18-16(12-20)3-2-8-19-18/h2-4,7-8,15H,5-6,9-13H2,1H3. The second-order valence-corrected chi connectivity index (χ2v) is 6.60. The fourth-order valence-electron chi connectivity index (χ4n) is 3.24. The molecule has 1 saturated carbocycles. The van der Waals surface area contributed by atoms with E-state index in [9.17, 15) is 0 Å². The third-order valence-electron chi connectivity index (χ3n) is 4.60. The van der Waals surface area contributed by atoms with Crippen molar-refractivity contribution in [1.29, 1.82) is 0 Å². The fourth-order valence-corrected chi connectivity index (χ4v) is 3.24. The maximum atomic E-state index is 5.75. The number of aromatic nitrogens is 1. The molecule has 0 bridgehead atoms. The first kappa shape index (κ1) is 13.8. The average molecular weight is 297 g/mol. The number of nitrogens with zero attached hydrogens (tertiary/aromatic N) is 3. The quantitative estimate of drug-likeness (QED) is 0.867. The molecule has 0 atom stereocenters. The highest BCUT2D eigenvalue weighted by molar-refractivity contribution is 5.47. The number of rotatable bonds is 4. The van der Waals surface area contributed by atoms with E-state index in [0.29, 0.717) is 0 Å². The Kier molecular flexibility index (Phi) is 3.62. The smallest absolute Gasteiger partial charge is 0.133 e. The van der Waals surface area contributed by atoms with Gasteiger partial charge in [-0.1, -0.05) is 6.07 Å². The van der Waals surface area contributed by atoms with Crippen LogP contribution in [0.15, 0.2) is 34.9 Å². The molecule has 116 valence electrons. The van der Waals surface area contributed by atoms with Crippen molar-refractivity contribution in [3.05, 3.63) is 47.5 Å². The van der Waals surface area contributed by atoms with Crippen molar-refractivity contribution < 1.29 is 4.42 Å². The van der Waals surface area contributed by atoms with E-state index in [1.165, 1.54) is 24.2 Å². The molecule has 22 heavy (non-hydrogen) atoms. The van der Waals surface area contributed by atoms with Crippen LogP contribution in [0.25, 0.3) is 0 Å². The molecule has 0 saturated heterocycles. The molecule has 2 aromatic rings. The van der Waals surface area contributed by atoms with Crippen LogP contribution in [0.5, 0.6) is 0 Å². The predicted molar refractivity (Wildman–Crippen MR) is 86.7 cm³/mol. The predicted octanol–water partition coefficient (Wildman–Crippen LogP) is 3.22. The van der Waals surface area contributed by atoms with Gasteiger partial charge in [0, 0.05) is 37.9 Å². The molecule has 4 heteroatoms. The van der Waals surface area contributed by atoms with E-state index < -0.39 is 0 Å². The lowest BCUT2D eigenvalue weighted by Crippen LogP contribution is -2.32. The maximum Gasteiger partial charge on any atom is 0.133 e. The van der Waals surface area contributed by atoms with Gasteiger partial charge in [-0.25, -0.2) is 4.98 Å². The first-order valence-electron chi connectivity index (χ1n) is 8.24. The molecular formula is C18H23N3O. The maximum absolute atomic E-state index is 5.75. The van der Waals surface area contributed by atoms with Crippen LogP contribution >= 0.6 is 0 Å². The van der Waals surface area contributed by atoms with Crippen molar-refractivity contribution in [2.45, 2.75) is 32.9 Å². The molecule has 2 aromatic heterocycles.